The van der Waals surface area contributed by atoms with Crippen LogP contribution < -0.4 is 4.74 Å². The zero-order valence-corrected chi connectivity index (χ0v) is 24.0. The molecular weight excluding hydrogens is 579 g/mol. The van der Waals surface area contributed by atoms with Crippen LogP contribution in [0.15, 0.2) is 72.9 Å². The van der Waals surface area contributed by atoms with E-state index in [0.717, 1.165) is 17.2 Å². The molecule has 1 saturated heterocycles. The van der Waals surface area contributed by atoms with E-state index < -0.39 is 29.2 Å². The van der Waals surface area contributed by atoms with Crippen molar-refractivity contribution in [3.63, 3.8) is 0 Å². The minimum Gasteiger partial charge on any atom is -0.496 e. The number of halogens is 3. The minimum atomic E-state index is -5.03. The second-order valence-corrected chi connectivity index (χ2v) is 11.2. The number of aromatic carboxylic acids is 1. The third kappa shape index (κ3) is 6.27. The number of β-amino-alcohol motifs (C(OH)–C–C–N with tert-alkyl or cyclic N) is 1. The molecule has 4 aromatic rings. The first-order valence-corrected chi connectivity index (χ1v) is 14.1. The normalized spacial score (nSPS) is 16.1. The van der Waals surface area contributed by atoms with E-state index in [4.69, 9.17) is 4.74 Å². The molecule has 1 aliphatic rings. The Morgan fingerprint density at radius 2 is 1.77 bits per heavy atom. The van der Waals surface area contributed by atoms with E-state index in [0.29, 0.717) is 38.1 Å². The van der Waals surface area contributed by atoms with Crippen LogP contribution in [-0.4, -0.2) is 63.5 Å². The summed E-state index contributed by atoms with van der Waals surface area (Å²) in [4.78, 5) is 23.8. The van der Waals surface area contributed by atoms with Gasteiger partial charge in [-0.05, 0) is 67.6 Å². The van der Waals surface area contributed by atoms with Gasteiger partial charge in [0.1, 0.15) is 5.75 Å². The number of aliphatic hydroxyl groups is 1. The molecule has 2 N–H and O–H groups in total. The molecule has 1 aromatic heterocycles. The van der Waals surface area contributed by atoms with Gasteiger partial charge in [0.2, 0.25) is 5.60 Å². The number of carboxylic acid groups (broad SMARTS) is 1. The number of likely N-dealkylation sites (tertiary alicyclic amines) is 1. The number of methoxy groups -OCH3 is 1. The maximum atomic E-state index is 14.8. The molecule has 12 heteroatoms. The van der Waals surface area contributed by atoms with Gasteiger partial charge in [-0.25, -0.2) is 4.79 Å². The summed E-state index contributed by atoms with van der Waals surface area (Å²) in [6.45, 7) is 0.0927. The van der Waals surface area contributed by atoms with Crippen LogP contribution in [-0.2, 0) is 18.6 Å². The van der Waals surface area contributed by atoms with Crippen molar-refractivity contribution in [2.75, 3.05) is 26.7 Å². The minimum absolute atomic E-state index is 0.0955. The fraction of sp³-hybridized carbons (Fsp3) is 0.344. The van der Waals surface area contributed by atoms with Gasteiger partial charge >= 0.3 is 12.1 Å². The van der Waals surface area contributed by atoms with Gasteiger partial charge in [-0.15, -0.1) is 0 Å². The number of aromatic nitrogens is 1. The number of hydrogen-bond donors (Lipinski definition) is 2. The SMILES string of the molecule is COc1cc(C(=O)O)ccc1CC1CCN(CC(O)(c2cn(Cc3ccccc3)c3cc([N+](=O)[O-])ccc23)C(F)(F)F)CC1. The number of benzene rings is 3. The summed E-state index contributed by atoms with van der Waals surface area (Å²) in [5.41, 5.74) is -1.91. The van der Waals surface area contributed by atoms with Crippen molar-refractivity contribution in [2.24, 2.45) is 5.92 Å². The summed E-state index contributed by atoms with van der Waals surface area (Å²) < 4.78 is 51.3. The molecular formula is C32H32F3N3O6. The van der Waals surface area contributed by atoms with Crippen LogP contribution in [0.4, 0.5) is 18.9 Å². The summed E-state index contributed by atoms with van der Waals surface area (Å²) in [5.74, 6) is -0.490. The van der Waals surface area contributed by atoms with Gasteiger partial charge in [-0.3, -0.25) is 15.0 Å². The molecule has 44 heavy (non-hydrogen) atoms. The van der Waals surface area contributed by atoms with Gasteiger partial charge in [0.25, 0.3) is 5.69 Å². The van der Waals surface area contributed by atoms with Crippen molar-refractivity contribution in [1.82, 2.24) is 9.47 Å². The molecule has 0 saturated carbocycles. The van der Waals surface area contributed by atoms with Crippen LogP contribution in [0.1, 0.15) is 39.9 Å². The number of carbonyl (C=O) groups is 1. The predicted octanol–water partition coefficient (Wildman–Crippen LogP) is 6.01. The molecule has 9 nitrogen and oxygen atoms in total. The second-order valence-electron chi connectivity index (χ2n) is 11.2. The van der Waals surface area contributed by atoms with E-state index in [9.17, 15) is 38.3 Å². The van der Waals surface area contributed by atoms with Crippen LogP contribution in [0, 0.1) is 16.0 Å². The number of nitrogens with zero attached hydrogens (tertiary/aromatic N) is 3. The standard InChI is InChI=1S/C32H32F3N3O6/c1-44-29-16-24(30(39)40)8-7-23(29)15-21-11-13-36(14-12-21)20-31(41,32(33,34)35)27-19-37(18-22-5-3-2-4-6-22)28-17-25(38(42)43)9-10-26(27)28/h2-10,16-17,19,21,41H,11-15,18,20H2,1H3,(H,39,40). The molecule has 0 amide bonds. The molecule has 0 radical (unpaired) electrons. The number of fused-ring (bicyclic) bond motifs is 1. The number of carboxylic acids is 1. The fourth-order valence-electron chi connectivity index (χ4n) is 5.99. The van der Waals surface area contributed by atoms with E-state index in [1.807, 2.05) is 6.07 Å². The van der Waals surface area contributed by atoms with E-state index in [2.05, 4.69) is 0 Å². The molecule has 2 heterocycles. The summed E-state index contributed by atoms with van der Waals surface area (Å²) in [6.07, 6.45) is -2.06. The van der Waals surface area contributed by atoms with Gasteiger partial charge in [-0.1, -0.05) is 36.4 Å². The van der Waals surface area contributed by atoms with Crippen LogP contribution in [0.3, 0.4) is 0 Å². The largest absolute Gasteiger partial charge is 0.496 e. The number of nitro groups is 1. The zero-order valence-electron chi connectivity index (χ0n) is 24.0. The Hall–Kier alpha value is -4.42. The topological polar surface area (TPSA) is 118 Å². The van der Waals surface area contributed by atoms with Crippen LogP contribution in [0.25, 0.3) is 10.9 Å². The quantitative estimate of drug-likeness (QED) is 0.167. The smallest absolute Gasteiger partial charge is 0.422 e. The highest BCUT2D eigenvalue weighted by atomic mass is 19.4. The molecule has 0 bridgehead atoms. The molecule has 3 aromatic carbocycles. The van der Waals surface area contributed by atoms with Crippen LogP contribution in [0.5, 0.6) is 5.75 Å². The number of hydrogen-bond acceptors (Lipinski definition) is 6. The van der Waals surface area contributed by atoms with Gasteiger partial charge in [-0.2, -0.15) is 13.2 Å². The summed E-state index contributed by atoms with van der Waals surface area (Å²) in [7, 11) is 1.46. The van der Waals surface area contributed by atoms with Crippen molar-refractivity contribution in [2.45, 2.75) is 37.6 Å². The highest BCUT2D eigenvalue weighted by molar-refractivity contribution is 5.88. The molecule has 5 rings (SSSR count). The Labute approximate surface area is 251 Å². The molecule has 1 atom stereocenters. The first-order chi connectivity index (χ1) is 20.9. The molecule has 1 aliphatic heterocycles. The van der Waals surface area contributed by atoms with Crippen LogP contribution >= 0.6 is 0 Å². The van der Waals surface area contributed by atoms with E-state index in [1.165, 1.54) is 42.1 Å². The summed E-state index contributed by atoms with van der Waals surface area (Å²) in [6, 6.07) is 17.3. The maximum Gasteiger partial charge on any atom is 0.422 e. The number of ether oxygens (including phenoxy) is 1. The van der Waals surface area contributed by atoms with Gasteiger partial charge in [0.05, 0.1) is 23.1 Å². The molecule has 0 aliphatic carbocycles. The van der Waals surface area contributed by atoms with Crippen molar-refractivity contribution < 1.29 is 37.8 Å². The molecule has 232 valence electrons. The van der Waals surface area contributed by atoms with Crippen molar-refractivity contribution in [1.29, 1.82) is 0 Å². The third-order valence-electron chi connectivity index (χ3n) is 8.39. The zero-order chi connectivity index (χ0) is 31.6. The van der Waals surface area contributed by atoms with Crippen LogP contribution in [0.2, 0.25) is 0 Å². The molecule has 1 fully saturated rings. The Kier molecular flexibility index (Phi) is 8.66. The average molecular weight is 612 g/mol. The van der Waals surface area contributed by atoms with Gasteiger partial charge in [0, 0.05) is 42.4 Å². The Bertz CT molecular complexity index is 1670. The predicted molar refractivity (Wildman–Crippen MR) is 157 cm³/mol. The lowest BCUT2D eigenvalue weighted by atomic mass is 9.87. The lowest BCUT2D eigenvalue weighted by Gasteiger charge is -2.39. The number of piperidine rings is 1. The average Bonchev–Trinajstić information content (AvgIpc) is 3.36. The highest BCUT2D eigenvalue weighted by Gasteiger charge is 2.57. The highest BCUT2D eigenvalue weighted by Crippen LogP contribution is 2.44. The number of rotatable bonds is 10. The van der Waals surface area contributed by atoms with E-state index >= 15 is 0 Å². The van der Waals surface area contributed by atoms with E-state index in [1.54, 1.807) is 35.2 Å². The summed E-state index contributed by atoms with van der Waals surface area (Å²) in [5, 5.41) is 32.3. The van der Waals surface area contributed by atoms with Gasteiger partial charge in [0.15, 0.2) is 0 Å². The van der Waals surface area contributed by atoms with Gasteiger partial charge < -0.3 is 19.5 Å². The monoisotopic (exact) mass is 611 g/mol. The fourth-order valence-corrected chi connectivity index (χ4v) is 5.99. The van der Waals surface area contributed by atoms with Crippen molar-refractivity contribution >= 4 is 22.6 Å². The Morgan fingerprint density at radius 1 is 1.07 bits per heavy atom. The Balaban J connectivity index is 1.40. The first kappa shape index (κ1) is 31.0. The second kappa shape index (κ2) is 12.3. The Morgan fingerprint density at radius 3 is 2.39 bits per heavy atom. The van der Waals surface area contributed by atoms with Crippen molar-refractivity contribution in [3.05, 3.63) is 105 Å². The summed E-state index contributed by atoms with van der Waals surface area (Å²) >= 11 is 0. The lowest BCUT2D eigenvalue weighted by Crippen LogP contribution is -2.52. The number of nitro benzene ring substituents is 1. The molecule has 1 unspecified atom stereocenters. The third-order valence-corrected chi connectivity index (χ3v) is 8.39. The first-order valence-electron chi connectivity index (χ1n) is 14.1. The number of alkyl halides is 3. The van der Waals surface area contributed by atoms with E-state index in [-0.39, 0.29) is 40.2 Å². The molecule has 0 spiro atoms. The lowest BCUT2D eigenvalue weighted by molar-refractivity contribution is -0.384. The number of non-ortho nitro benzene ring substituents is 1. The van der Waals surface area contributed by atoms with Crippen molar-refractivity contribution in [3.8, 4) is 5.75 Å². The maximum absolute atomic E-state index is 14.8.